The van der Waals surface area contributed by atoms with Gasteiger partial charge in [-0.3, -0.25) is 4.90 Å². The van der Waals surface area contributed by atoms with E-state index in [1.165, 1.54) is 43.9 Å². The largest absolute Gasteiger partial charge is 0.492 e. The summed E-state index contributed by atoms with van der Waals surface area (Å²) in [7, 11) is 0. The summed E-state index contributed by atoms with van der Waals surface area (Å²) in [5.74, 6) is 1.00. The molecule has 1 aromatic carbocycles. The Morgan fingerprint density at radius 2 is 1.53 bits per heavy atom. The van der Waals surface area contributed by atoms with Crippen molar-refractivity contribution in [3.63, 3.8) is 0 Å². The molecule has 1 heterocycles. The maximum atomic E-state index is 5.87. The molecular formula is C16H26N2O. The second kappa shape index (κ2) is 6.92. The molecule has 1 aromatic rings. The summed E-state index contributed by atoms with van der Waals surface area (Å²) in [6.07, 6.45) is 0. The Morgan fingerprint density at radius 1 is 0.947 bits per heavy atom. The number of piperazine rings is 1. The van der Waals surface area contributed by atoms with Gasteiger partial charge in [0.25, 0.3) is 0 Å². The lowest BCUT2D eigenvalue weighted by atomic mass is 10.1. The Bertz CT molecular complexity index is 377. The van der Waals surface area contributed by atoms with Gasteiger partial charge in [0.1, 0.15) is 12.4 Å². The standard InChI is InChI=1S/C16H26N2O/c1-4-17-5-7-18(8-6-17)9-10-19-16-12-14(2)11-15(3)13-16/h11-13H,4-10H2,1-3H3. The second-order valence-electron chi connectivity index (χ2n) is 5.45. The number of ether oxygens (including phenoxy) is 1. The van der Waals surface area contributed by atoms with E-state index in [2.05, 4.69) is 48.8 Å². The molecule has 106 valence electrons. The van der Waals surface area contributed by atoms with Gasteiger partial charge in [-0.15, -0.1) is 0 Å². The van der Waals surface area contributed by atoms with Crippen LogP contribution in [0.5, 0.6) is 5.75 Å². The van der Waals surface area contributed by atoms with Crippen LogP contribution >= 0.6 is 0 Å². The molecule has 3 nitrogen and oxygen atoms in total. The summed E-state index contributed by atoms with van der Waals surface area (Å²) in [5, 5.41) is 0. The SMILES string of the molecule is CCN1CCN(CCOc2cc(C)cc(C)c2)CC1. The second-order valence-corrected chi connectivity index (χ2v) is 5.45. The van der Waals surface area contributed by atoms with Crippen LogP contribution in [0.15, 0.2) is 18.2 Å². The Hall–Kier alpha value is -1.06. The van der Waals surface area contributed by atoms with Crippen molar-refractivity contribution in [3.8, 4) is 5.75 Å². The van der Waals surface area contributed by atoms with E-state index in [9.17, 15) is 0 Å². The summed E-state index contributed by atoms with van der Waals surface area (Å²) < 4.78 is 5.87. The molecule has 1 aliphatic rings. The number of hydrogen-bond acceptors (Lipinski definition) is 3. The van der Waals surface area contributed by atoms with E-state index in [1.807, 2.05) is 0 Å². The third-order valence-electron chi connectivity index (χ3n) is 3.78. The van der Waals surface area contributed by atoms with Crippen molar-refractivity contribution in [2.45, 2.75) is 20.8 Å². The summed E-state index contributed by atoms with van der Waals surface area (Å²) in [6, 6.07) is 6.40. The first-order chi connectivity index (χ1) is 9.17. The van der Waals surface area contributed by atoms with E-state index in [-0.39, 0.29) is 0 Å². The van der Waals surface area contributed by atoms with Crippen LogP contribution in [0, 0.1) is 13.8 Å². The highest BCUT2D eigenvalue weighted by atomic mass is 16.5. The minimum atomic E-state index is 0.787. The lowest BCUT2D eigenvalue weighted by Crippen LogP contribution is -2.47. The van der Waals surface area contributed by atoms with E-state index >= 15 is 0 Å². The van der Waals surface area contributed by atoms with Crippen molar-refractivity contribution in [3.05, 3.63) is 29.3 Å². The monoisotopic (exact) mass is 262 g/mol. The number of nitrogens with zero attached hydrogens (tertiary/aromatic N) is 2. The first-order valence-electron chi connectivity index (χ1n) is 7.33. The maximum Gasteiger partial charge on any atom is 0.119 e. The Morgan fingerprint density at radius 3 is 2.11 bits per heavy atom. The van der Waals surface area contributed by atoms with Gasteiger partial charge in [0.15, 0.2) is 0 Å². The molecule has 0 aromatic heterocycles. The molecule has 0 bridgehead atoms. The van der Waals surface area contributed by atoms with Gasteiger partial charge in [-0.1, -0.05) is 13.0 Å². The summed E-state index contributed by atoms with van der Waals surface area (Å²) in [4.78, 5) is 5.00. The highest BCUT2D eigenvalue weighted by Gasteiger charge is 2.14. The van der Waals surface area contributed by atoms with Crippen molar-refractivity contribution in [2.75, 3.05) is 45.9 Å². The van der Waals surface area contributed by atoms with E-state index in [0.29, 0.717) is 0 Å². The van der Waals surface area contributed by atoms with Crippen LogP contribution in [0.25, 0.3) is 0 Å². The minimum Gasteiger partial charge on any atom is -0.492 e. The molecule has 0 N–H and O–H groups in total. The zero-order chi connectivity index (χ0) is 13.7. The number of hydrogen-bond donors (Lipinski definition) is 0. The van der Waals surface area contributed by atoms with Crippen molar-refractivity contribution in [2.24, 2.45) is 0 Å². The first-order valence-corrected chi connectivity index (χ1v) is 7.33. The zero-order valence-corrected chi connectivity index (χ0v) is 12.5. The fourth-order valence-corrected chi connectivity index (χ4v) is 2.64. The molecule has 1 saturated heterocycles. The van der Waals surface area contributed by atoms with Gasteiger partial charge < -0.3 is 9.64 Å². The third-order valence-corrected chi connectivity index (χ3v) is 3.78. The summed E-state index contributed by atoms with van der Waals surface area (Å²) >= 11 is 0. The number of benzene rings is 1. The molecular weight excluding hydrogens is 236 g/mol. The van der Waals surface area contributed by atoms with Crippen LogP contribution in [-0.2, 0) is 0 Å². The van der Waals surface area contributed by atoms with Gasteiger partial charge in [0.2, 0.25) is 0 Å². The van der Waals surface area contributed by atoms with Crippen LogP contribution in [-0.4, -0.2) is 55.7 Å². The molecule has 1 fully saturated rings. The minimum absolute atomic E-state index is 0.787. The number of aryl methyl sites for hydroxylation is 2. The van der Waals surface area contributed by atoms with Gasteiger partial charge in [-0.25, -0.2) is 0 Å². The Labute approximate surface area is 117 Å². The Balaban J connectivity index is 1.72. The molecule has 0 spiro atoms. The van der Waals surface area contributed by atoms with E-state index < -0.39 is 0 Å². The molecule has 0 aliphatic carbocycles. The zero-order valence-electron chi connectivity index (χ0n) is 12.5. The fraction of sp³-hybridized carbons (Fsp3) is 0.625. The molecule has 0 unspecified atom stereocenters. The predicted octanol–water partition coefficient (Wildman–Crippen LogP) is 2.32. The van der Waals surface area contributed by atoms with Gasteiger partial charge in [0, 0.05) is 32.7 Å². The van der Waals surface area contributed by atoms with Crippen molar-refractivity contribution >= 4 is 0 Å². The van der Waals surface area contributed by atoms with Gasteiger partial charge in [0.05, 0.1) is 0 Å². The fourth-order valence-electron chi connectivity index (χ4n) is 2.64. The van der Waals surface area contributed by atoms with Crippen molar-refractivity contribution < 1.29 is 4.74 Å². The van der Waals surface area contributed by atoms with Gasteiger partial charge >= 0.3 is 0 Å². The molecule has 1 aliphatic heterocycles. The van der Waals surface area contributed by atoms with Crippen LogP contribution < -0.4 is 4.74 Å². The highest BCUT2D eigenvalue weighted by Crippen LogP contribution is 2.16. The average Bonchev–Trinajstić information content (AvgIpc) is 2.38. The van der Waals surface area contributed by atoms with Gasteiger partial charge in [-0.2, -0.15) is 0 Å². The molecule has 19 heavy (non-hydrogen) atoms. The van der Waals surface area contributed by atoms with Crippen LogP contribution in [0.4, 0.5) is 0 Å². The smallest absolute Gasteiger partial charge is 0.119 e. The van der Waals surface area contributed by atoms with Crippen LogP contribution in [0.2, 0.25) is 0 Å². The van der Waals surface area contributed by atoms with Crippen LogP contribution in [0.3, 0.4) is 0 Å². The van der Waals surface area contributed by atoms with Crippen molar-refractivity contribution in [1.82, 2.24) is 9.80 Å². The lowest BCUT2D eigenvalue weighted by Gasteiger charge is -2.33. The predicted molar refractivity (Wildman–Crippen MR) is 80.0 cm³/mol. The Kier molecular flexibility index (Phi) is 5.23. The normalized spacial score (nSPS) is 17.6. The number of rotatable bonds is 5. The summed E-state index contributed by atoms with van der Waals surface area (Å²) in [6.45, 7) is 14.2. The van der Waals surface area contributed by atoms with E-state index in [0.717, 1.165) is 18.9 Å². The molecule has 2 rings (SSSR count). The van der Waals surface area contributed by atoms with E-state index in [4.69, 9.17) is 4.74 Å². The average molecular weight is 262 g/mol. The van der Waals surface area contributed by atoms with Crippen LogP contribution in [0.1, 0.15) is 18.1 Å². The molecule has 3 heteroatoms. The third kappa shape index (κ3) is 4.51. The maximum absolute atomic E-state index is 5.87. The highest BCUT2D eigenvalue weighted by molar-refractivity contribution is 5.32. The lowest BCUT2D eigenvalue weighted by molar-refractivity contribution is 0.121. The molecule has 0 radical (unpaired) electrons. The van der Waals surface area contributed by atoms with E-state index in [1.54, 1.807) is 0 Å². The quantitative estimate of drug-likeness (QED) is 0.810. The topological polar surface area (TPSA) is 15.7 Å². The summed E-state index contributed by atoms with van der Waals surface area (Å²) in [5.41, 5.74) is 2.54. The molecule has 0 amide bonds. The molecule has 0 atom stereocenters. The molecule has 0 saturated carbocycles. The van der Waals surface area contributed by atoms with Crippen molar-refractivity contribution in [1.29, 1.82) is 0 Å². The van der Waals surface area contributed by atoms with Gasteiger partial charge in [-0.05, 0) is 43.7 Å². The number of likely N-dealkylation sites (N-methyl/N-ethyl adjacent to an activating group) is 1. The first kappa shape index (κ1) is 14.4.